The Hall–Kier alpha value is -5.25. The molecule has 8 nitrogen and oxygen atoms in total. The summed E-state index contributed by atoms with van der Waals surface area (Å²) in [5.41, 5.74) is -4.36. The van der Waals surface area contributed by atoms with Crippen molar-refractivity contribution in [3.8, 4) is 22.6 Å². The number of amides is 1. The number of pyridine rings is 1. The third kappa shape index (κ3) is 7.77. The summed E-state index contributed by atoms with van der Waals surface area (Å²) in [4.78, 5) is 41.5. The molecule has 2 aliphatic heterocycles. The van der Waals surface area contributed by atoms with Crippen LogP contribution < -0.4 is 15.6 Å². The third-order valence-electron chi connectivity index (χ3n) is 9.28. The minimum atomic E-state index is -5.06. The lowest BCUT2D eigenvalue weighted by molar-refractivity contribution is -0.139. The maximum atomic E-state index is 15.9. The van der Waals surface area contributed by atoms with Crippen LogP contribution >= 0.6 is 0 Å². The number of rotatable bonds is 6. The maximum absolute atomic E-state index is 15.9. The molecule has 16 heteroatoms. The van der Waals surface area contributed by atoms with E-state index in [1.807, 2.05) is 0 Å². The average molecular weight is 750 g/mol. The number of benzene rings is 3. The number of fused-ring (bicyclic) bond motifs is 6. The molecule has 4 bridgehead atoms. The van der Waals surface area contributed by atoms with Crippen LogP contribution in [0, 0.1) is 19.7 Å². The fourth-order valence-electron chi connectivity index (χ4n) is 6.75. The van der Waals surface area contributed by atoms with Crippen LogP contribution in [-0.4, -0.2) is 52.3 Å². The Bertz CT molecular complexity index is 2160. The molecule has 1 saturated heterocycles. The standard InChI is InChI=1S/C37H31F8N3O5/c1-18-4-3-5-29-32(18)21-8-19(2)33(39)26(11-21)28(14-31(50)51)46-35(52)34(22-9-23(36(40,41)42)12-25(10-22)53-29)48-15-20(6-7-47-16-24(38)17-47)27(13-30(48)49)37(43,44)45/h3-5,8-13,15,24,28,34H,6-7,14,16-17H2,1-2H3,(H,46,52)(H,50,51)/t28-,34-/m0/s1. The molecule has 0 radical (unpaired) electrons. The normalized spacial score (nSPS) is 18.1. The lowest BCUT2D eigenvalue weighted by atomic mass is 9.92. The van der Waals surface area contributed by atoms with E-state index < -0.39 is 88.3 Å². The van der Waals surface area contributed by atoms with Crippen molar-refractivity contribution in [1.29, 1.82) is 0 Å². The van der Waals surface area contributed by atoms with Crippen LogP contribution in [0.25, 0.3) is 11.1 Å². The molecule has 0 aliphatic carbocycles. The SMILES string of the molecule is Cc1cc2cc(c1F)[C@H](CC(=O)O)NC(=O)[C@@H](n1cc(CCN3CC(F)C3)c(C(F)(F)F)cc1=O)c1cc(cc(C(F)(F)F)c1)Oc1cccc(C)c1-2. The van der Waals surface area contributed by atoms with Crippen molar-refractivity contribution in [3.05, 3.63) is 116 Å². The summed E-state index contributed by atoms with van der Waals surface area (Å²) < 4.78 is 122. The van der Waals surface area contributed by atoms with Crippen LogP contribution in [0.5, 0.6) is 11.5 Å². The first-order chi connectivity index (χ1) is 24.8. The van der Waals surface area contributed by atoms with Gasteiger partial charge in [-0.05, 0) is 84.5 Å². The van der Waals surface area contributed by atoms with Gasteiger partial charge in [-0.15, -0.1) is 0 Å². The number of nitrogens with zero attached hydrogens (tertiary/aromatic N) is 2. The zero-order chi connectivity index (χ0) is 38.6. The van der Waals surface area contributed by atoms with E-state index in [-0.39, 0.29) is 54.6 Å². The van der Waals surface area contributed by atoms with E-state index in [1.165, 1.54) is 30.0 Å². The third-order valence-corrected chi connectivity index (χ3v) is 9.28. The smallest absolute Gasteiger partial charge is 0.416 e. The molecule has 1 aromatic heterocycles. The first-order valence-corrected chi connectivity index (χ1v) is 16.3. The number of carboxylic acid groups (broad SMARTS) is 1. The van der Waals surface area contributed by atoms with Gasteiger partial charge in [-0.2, -0.15) is 26.3 Å². The highest BCUT2D eigenvalue weighted by molar-refractivity contribution is 5.85. The fourth-order valence-corrected chi connectivity index (χ4v) is 6.75. The van der Waals surface area contributed by atoms with Crippen molar-refractivity contribution < 1.29 is 54.6 Å². The second-order valence-corrected chi connectivity index (χ2v) is 13.2. The molecule has 0 unspecified atom stereocenters. The van der Waals surface area contributed by atoms with E-state index in [9.17, 15) is 50.2 Å². The Balaban J connectivity index is 1.63. The van der Waals surface area contributed by atoms with Crippen molar-refractivity contribution in [3.63, 3.8) is 0 Å². The number of likely N-dealkylation sites (tertiary alicyclic amines) is 1. The molecule has 53 heavy (non-hydrogen) atoms. The number of carbonyl (C=O) groups excluding carboxylic acids is 1. The van der Waals surface area contributed by atoms with Gasteiger partial charge in [0.15, 0.2) is 0 Å². The number of hydrogen-bond donors (Lipinski definition) is 2. The summed E-state index contributed by atoms with van der Waals surface area (Å²) in [6.07, 6.45) is -11.9. The monoisotopic (exact) mass is 749 g/mol. The number of halogens is 8. The van der Waals surface area contributed by atoms with E-state index in [4.69, 9.17) is 4.74 Å². The van der Waals surface area contributed by atoms with Crippen LogP contribution in [-0.2, 0) is 28.4 Å². The van der Waals surface area contributed by atoms with Crippen molar-refractivity contribution in [2.75, 3.05) is 19.6 Å². The zero-order valence-electron chi connectivity index (χ0n) is 28.0. The van der Waals surface area contributed by atoms with Gasteiger partial charge < -0.3 is 15.2 Å². The summed E-state index contributed by atoms with van der Waals surface area (Å²) in [5, 5.41) is 12.2. The molecule has 6 rings (SSSR count). The first kappa shape index (κ1) is 37.5. The van der Waals surface area contributed by atoms with Crippen LogP contribution in [0.3, 0.4) is 0 Å². The summed E-state index contributed by atoms with van der Waals surface area (Å²) in [7, 11) is 0. The highest BCUT2D eigenvalue weighted by Crippen LogP contribution is 2.42. The Morgan fingerprint density at radius 1 is 0.962 bits per heavy atom. The highest BCUT2D eigenvalue weighted by atomic mass is 19.4. The number of carboxylic acids is 1. The van der Waals surface area contributed by atoms with Gasteiger partial charge in [0, 0.05) is 43.0 Å². The first-order valence-electron chi connectivity index (χ1n) is 16.3. The number of alkyl halides is 7. The molecular formula is C37H31F8N3O5. The molecule has 1 fully saturated rings. The quantitative estimate of drug-likeness (QED) is 0.198. The predicted octanol–water partition coefficient (Wildman–Crippen LogP) is 7.53. The van der Waals surface area contributed by atoms with Crippen molar-refractivity contribution in [2.45, 2.75) is 57.3 Å². The minimum Gasteiger partial charge on any atom is -0.481 e. The molecule has 3 heterocycles. The van der Waals surface area contributed by atoms with Gasteiger partial charge in [-0.1, -0.05) is 12.1 Å². The number of aryl methyl sites for hydroxylation is 2. The topological polar surface area (TPSA) is 101 Å². The molecule has 0 spiro atoms. The van der Waals surface area contributed by atoms with E-state index in [2.05, 4.69) is 5.32 Å². The number of aromatic nitrogens is 1. The van der Waals surface area contributed by atoms with Gasteiger partial charge in [-0.3, -0.25) is 23.9 Å². The minimum absolute atomic E-state index is 0.00703. The van der Waals surface area contributed by atoms with E-state index >= 15 is 4.39 Å². The molecule has 1 amide bonds. The summed E-state index contributed by atoms with van der Waals surface area (Å²) in [6, 6.07) is 5.91. The van der Waals surface area contributed by atoms with E-state index in [0.717, 1.165) is 6.07 Å². The molecule has 0 saturated carbocycles. The highest BCUT2D eigenvalue weighted by Gasteiger charge is 2.39. The van der Waals surface area contributed by atoms with Crippen molar-refractivity contribution in [2.24, 2.45) is 0 Å². The Morgan fingerprint density at radius 2 is 1.68 bits per heavy atom. The van der Waals surface area contributed by atoms with E-state index in [1.54, 1.807) is 19.1 Å². The van der Waals surface area contributed by atoms with Gasteiger partial charge in [0.1, 0.15) is 29.5 Å². The molecule has 2 N–H and O–H groups in total. The number of hydrogen-bond acceptors (Lipinski definition) is 5. The lowest BCUT2D eigenvalue weighted by Crippen LogP contribution is -2.49. The van der Waals surface area contributed by atoms with Crippen LogP contribution in [0.15, 0.2) is 65.6 Å². The molecule has 4 aromatic rings. The molecule has 280 valence electrons. The van der Waals surface area contributed by atoms with Crippen molar-refractivity contribution in [1.82, 2.24) is 14.8 Å². The molecule has 2 aliphatic rings. The van der Waals surface area contributed by atoms with Gasteiger partial charge in [-0.25, -0.2) is 8.78 Å². The van der Waals surface area contributed by atoms with E-state index in [0.29, 0.717) is 34.0 Å². The zero-order valence-corrected chi connectivity index (χ0v) is 28.0. The molecule has 2 atom stereocenters. The van der Waals surface area contributed by atoms with Crippen LogP contribution in [0.2, 0.25) is 0 Å². The van der Waals surface area contributed by atoms with Crippen LogP contribution in [0.4, 0.5) is 35.1 Å². The largest absolute Gasteiger partial charge is 0.481 e. The van der Waals surface area contributed by atoms with Gasteiger partial charge in [0.25, 0.3) is 5.56 Å². The van der Waals surface area contributed by atoms with Crippen molar-refractivity contribution >= 4 is 11.9 Å². The van der Waals surface area contributed by atoms with Gasteiger partial charge in [0.2, 0.25) is 5.91 Å². The summed E-state index contributed by atoms with van der Waals surface area (Å²) >= 11 is 0. The number of aliphatic carboxylic acids is 1. The molecule has 3 aromatic carbocycles. The van der Waals surface area contributed by atoms with Gasteiger partial charge >= 0.3 is 18.3 Å². The van der Waals surface area contributed by atoms with Gasteiger partial charge in [0.05, 0.1) is 23.6 Å². The Kier molecular flexibility index (Phi) is 9.87. The lowest BCUT2D eigenvalue weighted by Gasteiger charge is -2.34. The molecular weight excluding hydrogens is 718 g/mol. The maximum Gasteiger partial charge on any atom is 0.416 e. The van der Waals surface area contributed by atoms with Crippen LogP contribution in [0.1, 0.15) is 57.4 Å². The number of carbonyl (C=O) groups is 2. The fraction of sp³-hybridized carbons (Fsp3) is 0.324. The number of ether oxygens (including phenoxy) is 1. The number of nitrogens with one attached hydrogen (secondary N) is 1. The Labute approximate surface area is 296 Å². The second kappa shape index (κ2) is 14.0. The predicted molar refractivity (Wildman–Crippen MR) is 175 cm³/mol. The summed E-state index contributed by atoms with van der Waals surface area (Å²) in [6.45, 7) is 2.90. The average Bonchev–Trinajstić information content (AvgIpc) is 3.03. The second-order valence-electron chi connectivity index (χ2n) is 13.2. The summed E-state index contributed by atoms with van der Waals surface area (Å²) in [5.74, 6) is -4.19. The Morgan fingerprint density at radius 3 is 2.32 bits per heavy atom.